The largest absolute Gasteiger partial charge is 0.228 e. The van der Waals surface area contributed by atoms with Crippen molar-refractivity contribution < 1.29 is 8.42 Å². The van der Waals surface area contributed by atoms with Crippen LogP contribution < -0.4 is 0 Å². The predicted octanol–water partition coefficient (Wildman–Crippen LogP) is 3.98. The second-order valence-electron chi connectivity index (χ2n) is 4.58. The molecule has 0 spiro atoms. The highest BCUT2D eigenvalue weighted by Crippen LogP contribution is 2.24. The van der Waals surface area contributed by atoms with Crippen LogP contribution >= 0.6 is 23.2 Å². The van der Waals surface area contributed by atoms with Crippen molar-refractivity contribution in [2.45, 2.75) is 11.5 Å². The van der Waals surface area contributed by atoms with Crippen LogP contribution in [0, 0.1) is 11.3 Å². The Kier molecular flexibility index (Phi) is 4.89. The third kappa shape index (κ3) is 4.47. The Morgan fingerprint density at radius 3 is 2.24 bits per heavy atom. The molecule has 0 atom stereocenters. The zero-order valence-electron chi connectivity index (χ0n) is 10.9. The second-order valence-corrected chi connectivity index (χ2v) is 7.48. The maximum Gasteiger partial charge on any atom is 0.158 e. The van der Waals surface area contributed by atoms with E-state index in [1.807, 2.05) is 6.07 Å². The van der Waals surface area contributed by atoms with Crippen molar-refractivity contribution in [3.63, 3.8) is 0 Å². The first kappa shape index (κ1) is 15.8. The molecule has 21 heavy (non-hydrogen) atoms. The van der Waals surface area contributed by atoms with Crippen molar-refractivity contribution in [2.75, 3.05) is 0 Å². The minimum absolute atomic E-state index is 0.0995. The summed E-state index contributed by atoms with van der Waals surface area (Å²) < 4.78 is 24.4. The van der Waals surface area contributed by atoms with Crippen LogP contribution in [0.2, 0.25) is 10.0 Å². The summed E-state index contributed by atoms with van der Waals surface area (Å²) in [5, 5.41) is 9.52. The van der Waals surface area contributed by atoms with Gasteiger partial charge in [-0.1, -0.05) is 41.4 Å². The van der Waals surface area contributed by atoms with Gasteiger partial charge >= 0.3 is 0 Å². The minimum Gasteiger partial charge on any atom is -0.228 e. The van der Waals surface area contributed by atoms with Crippen molar-refractivity contribution in [3.8, 4) is 6.07 Å². The average molecular weight is 340 g/mol. The first-order valence-corrected chi connectivity index (χ1v) is 8.61. The highest BCUT2D eigenvalue weighted by atomic mass is 35.5. The van der Waals surface area contributed by atoms with Gasteiger partial charge in [0.15, 0.2) is 9.84 Å². The number of benzene rings is 2. The smallest absolute Gasteiger partial charge is 0.158 e. The molecule has 0 aliphatic heterocycles. The lowest BCUT2D eigenvalue weighted by Crippen LogP contribution is -2.08. The molecule has 0 N–H and O–H groups in total. The number of nitrogens with zero attached hydrogens (tertiary/aromatic N) is 1. The third-order valence-electron chi connectivity index (χ3n) is 2.86. The quantitative estimate of drug-likeness (QED) is 0.846. The molecule has 0 saturated heterocycles. The maximum atomic E-state index is 12.2. The SMILES string of the molecule is N#Cc1ccc(CS(=O)(=O)Cc2ccc(Cl)cc2Cl)cc1. The van der Waals surface area contributed by atoms with Gasteiger partial charge in [-0.2, -0.15) is 5.26 Å². The van der Waals surface area contributed by atoms with Gasteiger partial charge in [-0.05, 0) is 35.4 Å². The number of hydrogen-bond donors (Lipinski definition) is 0. The van der Waals surface area contributed by atoms with E-state index in [0.717, 1.165) is 0 Å². The Bertz CT molecular complexity index is 793. The van der Waals surface area contributed by atoms with Crippen LogP contribution in [-0.4, -0.2) is 8.42 Å². The van der Waals surface area contributed by atoms with Crippen LogP contribution in [0.15, 0.2) is 42.5 Å². The van der Waals surface area contributed by atoms with Crippen molar-refractivity contribution in [1.29, 1.82) is 5.26 Å². The minimum atomic E-state index is -3.35. The fourth-order valence-electron chi connectivity index (χ4n) is 1.86. The Morgan fingerprint density at radius 1 is 1.00 bits per heavy atom. The van der Waals surface area contributed by atoms with Crippen LogP contribution in [0.5, 0.6) is 0 Å². The van der Waals surface area contributed by atoms with Crippen molar-refractivity contribution in [2.24, 2.45) is 0 Å². The molecule has 0 amide bonds. The summed E-state index contributed by atoms with van der Waals surface area (Å²) >= 11 is 11.8. The molecule has 6 heteroatoms. The van der Waals surface area contributed by atoms with Gasteiger partial charge < -0.3 is 0 Å². The van der Waals surface area contributed by atoms with Gasteiger partial charge in [0, 0.05) is 10.0 Å². The van der Waals surface area contributed by atoms with E-state index in [9.17, 15) is 8.42 Å². The Labute approximate surface area is 133 Å². The van der Waals surface area contributed by atoms with Crippen molar-refractivity contribution in [3.05, 3.63) is 69.2 Å². The molecule has 0 bridgehead atoms. The van der Waals surface area contributed by atoms with Crippen LogP contribution in [0.3, 0.4) is 0 Å². The highest BCUT2D eigenvalue weighted by Gasteiger charge is 2.15. The normalized spacial score (nSPS) is 11.1. The Balaban J connectivity index is 2.16. The van der Waals surface area contributed by atoms with E-state index in [0.29, 0.717) is 26.7 Å². The molecule has 2 rings (SSSR count). The van der Waals surface area contributed by atoms with Crippen LogP contribution in [-0.2, 0) is 21.3 Å². The van der Waals surface area contributed by atoms with Gasteiger partial charge in [-0.15, -0.1) is 0 Å². The summed E-state index contributed by atoms with van der Waals surface area (Å²) in [5.41, 5.74) is 1.66. The van der Waals surface area contributed by atoms with Gasteiger partial charge in [0.05, 0.1) is 23.1 Å². The summed E-state index contributed by atoms with van der Waals surface area (Å²) in [6, 6.07) is 13.2. The number of rotatable bonds is 4. The molecular formula is C15H11Cl2NO2S. The maximum absolute atomic E-state index is 12.2. The number of hydrogen-bond acceptors (Lipinski definition) is 3. The van der Waals surface area contributed by atoms with Gasteiger partial charge in [-0.3, -0.25) is 0 Å². The monoisotopic (exact) mass is 339 g/mol. The molecule has 3 nitrogen and oxygen atoms in total. The number of sulfone groups is 1. The molecule has 0 saturated carbocycles. The molecule has 0 aliphatic carbocycles. The highest BCUT2D eigenvalue weighted by molar-refractivity contribution is 7.89. The fraction of sp³-hybridized carbons (Fsp3) is 0.133. The lowest BCUT2D eigenvalue weighted by Gasteiger charge is -2.07. The summed E-state index contributed by atoms with van der Waals surface area (Å²) in [4.78, 5) is 0. The summed E-state index contributed by atoms with van der Waals surface area (Å²) in [6.07, 6.45) is 0. The predicted molar refractivity (Wildman–Crippen MR) is 83.9 cm³/mol. The lowest BCUT2D eigenvalue weighted by atomic mass is 10.2. The van der Waals surface area contributed by atoms with E-state index in [4.69, 9.17) is 28.5 Å². The van der Waals surface area contributed by atoms with E-state index < -0.39 is 9.84 Å². The summed E-state index contributed by atoms with van der Waals surface area (Å²) in [5.74, 6) is -0.249. The fourth-order valence-corrected chi connectivity index (χ4v) is 3.94. The van der Waals surface area contributed by atoms with E-state index in [-0.39, 0.29) is 11.5 Å². The Morgan fingerprint density at radius 2 is 1.67 bits per heavy atom. The molecule has 2 aromatic carbocycles. The zero-order valence-corrected chi connectivity index (χ0v) is 13.2. The van der Waals surface area contributed by atoms with Crippen LogP contribution in [0.1, 0.15) is 16.7 Å². The van der Waals surface area contributed by atoms with Gasteiger partial charge in [0.2, 0.25) is 0 Å². The van der Waals surface area contributed by atoms with Crippen LogP contribution in [0.25, 0.3) is 0 Å². The first-order valence-electron chi connectivity index (χ1n) is 6.03. The topological polar surface area (TPSA) is 57.9 Å². The van der Waals surface area contributed by atoms with E-state index >= 15 is 0 Å². The molecule has 2 aromatic rings. The van der Waals surface area contributed by atoms with Crippen molar-refractivity contribution in [1.82, 2.24) is 0 Å². The van der Waals surface area contributed by atoms with Gasteiger partial charge in [0.1, 0.15) is 0 Å². The van der Waals surface area contributed by atoms with Gasteiger partial charge in [-0.25, -0.2) is 8.42 Å². The van der Waals surface area contributed by atoms with E-state index in [1.54, 1.807) is 36.4 Å². The molecule has 0 aromatic heterocycles. The molecule has 0 unspecified atom stereocenters. The molecule has 0 fully saturated rings. The number of halogens is 2. The first-order chi connectivity index (χ1) is 9.89. The molecular weight excluding hydrogens is 329 g/mol. The Hall–Kier alpha value is -1.54. The van der Waals surface area contributed by atoms with Crippen molar-refractivity contribution >= 4 is 33.0 Å². The molecule has 0 radical (unpaired) electrons. The zero-order chi connectivity index (χ0) is 15.5. The van der Waals surface area contributed by atoms with Gasteiger partial charge in [0.25, 0.3) is 0 Å². The van der Waals surface area contributed by atoms with Crippen LogP contribution in [0.4, 0.5) is 0 Å². The van der Waals surface area contributed by atoms with E-state index in [2.05, 4.69) is 0 Å². The summed E-state index contributed by atoms with van der Waals surface area (Å²) in [6.45, 7) is 0. The standard InChI is InChI=1S/C15H11Cl2NO2S/c16-14-6-5-13(15(17)7-14)10-21(19,20)9-12-3-1-11(8-18)2-4-12/h1-7H,9-10H2. The molecule has 108 valence electrons. The lowest BCUT2D eigenvalue weighted by molar-refractivity contribution is 0.594. The second kappa shape index (κ2) is 6.48. The van der Waals surface area contributed by atoms with E-state index in [1.165, 1.54) is 6.07 Å². The average Bonchev–Trinajstić information content (AvgIpc) is 2.42. The summed E-state index contributed by atoms with van der Waals surface area (Å²) in [7, 11) is -3.35. The molecule has 0 aliphatic rings. The number of nitriles is 1. The molecule has 0 heterocycles. The third-order valence-corrected chi connectivity index (χ3v) is 4.97.